The van der Waals surface area contributed by atoms with E-state index in [1.54, 1.807) is 0 Å². The molecule has 0 radical (unpaired) electrons. The second-order valence-corrected chi connectivity index (χ2v) is 7.84. The van der Waals surface area contributed by atoms with E-state index in [4.69, 9.17) is 4.74 Å². The number of Topliss-reactive ketones (excluding diaryl/α,β-unsaturated/α-hetero) is 1. The molecule has 1 aliphatic carbocycles. The molecule has 1 saturated carbocycles. The molecule has 4 nitrogen and oxygen atoms in total. The Balaban J connectivity index is 2.21. The van der Waals surface area contributed by atoms with Crippen LogP contribution >= 0.6 is 0 Å². The maximum atomic E-state index is 12.2. The number of esters is 1. The van der Waals surface area contributed by atoms with Gasteiger partial charge in [-0.15, -0.1) is 0 Å². The van der Waals surface area contributed by atoms with Crippen LogP contribution in [0.15, 0.2) is 24.3 Å². The molecule has 28 heavy (non-hydrogen) atoms. The molecular formula is C24H40O4. The van der Waals surface area contributed by atoms with Crippen LogP contribution in [-0.4, -0.2) is 29.6 Å². The lowest BCUT2D eigenvalue weighted by atomic mass is 9.89. The van der Waals surface area contributed by atoms with Gasteiger partial charge in [-0.25, -0.2) is 4.79 Å². The molecular weight excluding hydrogens is 352 g/mol. The Kier molecular flexibility index (Phi) is 13.6. The quantitative estimate of drug-likeness (QED) is 0.226. The van der Waals surface area contributed by atoms with Crippen molar-refractivity contribution in [3.05, 3.63) is 24.3 Å². The van der Waals surface area contributed by atoms with Crippen LogP contribution in [0.5, 0.6) is 0 Å². The highest BCUT2D eigenvalue weighted by atomic mass is 16.5. The lowest BCUT2D eigenvalue weighted by molar-refractivity contribution is -0.154. The second-order valence-electron chi connectivity index (χ2n) is 7.84. The highest BCUT2D eigenvalue weighted by Crippen LogP contribution is 2.34. The van der Waals surface area contributed by atoms with Gasteiger partial charge < -0.3 is 9.84 Å². The molecule has 1 unspecified atom stereocenters. The number of hydrogen-bond donors (Lipinski definition) is 1. The van der Waals surface area contributed by atoms with Crippen LogP contribution in [-0.2, 0) is 14.3 Å². The van der Waals surface area contributed by atoms with Gasteiger partial charge >= 0.3 is 5.97 Å². The summed E-state index contributed by atoms with van der Waals surface area (Å²) < 4.78 is 5.03. The minimum atomic E-state index is -1.01. The van der Waals surface area contributed by atoms with E-state index in [1.165, 1.54) is 0 Å². The molecule has 0 heterocycles. The molecule has 1 rings (SSSR count). The third kappa shape index (κ3) is 10.2. The van der Waals surface area contributed by atoms with Crippen molar-refractivity contribution >= 4 is 11.8 Å². The molecule has 160 valence electrons. The number of aliphatic hydroxyl groups excluding tert-OH is 1. The molecule has 3 atom stereocenters. The average Bonchev–Trinajstić information content (AvgIpc) is 3.04. The molecule has 0 saturated heterocycles. The van der Waals surface area contributed by atoms with Crippen molar-refractivity contribution in [2.24, 2.45) is 11.8 Å². The van der Waals surface area contributed by atoms with Crippen molar-refractivity contribution in [2.75, 3.05) is 6.61 Å². The smallest absolute Gasteiger partial charge is 0.334 e. The van der Waals surface area contributed by atoms with Crippen LogP contribution in [0.4, 0.5) is 0 Å². The number of rotatable bonds is 15. The van der Waals surface area contributed by atoms with Crippen LogP contribution < -0.4 is 0 Å². The zero-order valence-electron chi connectivity index (χ0n) is 17.9. The van der Waals surface area contributed by atoms with Gasteiger partial charge in [0.05, 0.1) is 6.61 Å². The number of carbonyl (C=O) groups excluding carboxylic acids is 2. The van der Waals surface area contributed by atoms with E-state index in [0.29, 0.717) is 31.1 Å². The fourth-order valence-corrected chi connectivity index (χ4v) is 3.70. The van der Waals surface area contributed by atoms with Crippen LogP contribution in [0.3, 0.4) is 0 Å². The SMILES string of the molecule is CCC=CCCC=C[C@H]1CCC(=O)[C@@H]1CCCCCC(O)C(=O)OCCCC. The molecule has 0 bridgehead atoms. The summed E-state index contributed by atoms with van der Waals surface area (Å²) in [5, 5.41) is 9.84. The minimum Gasteiger partial charge on any atom is -0.464 e. The van der Waals surface area contributed by atoms with Crippen LogP contribution in [0.1, 0.15) is 90.9 Å². The van der Waals surface area contributed by atoms with Crippen molar-refractivity contribution in [1.29, 1.82) is 0 Å². The molecule has 1 N–H and O–H groups in total. The van der Waals surface area contributed by atoms with Gasteiger partial charge in [0.25, 0.3) is 0 Å². The van der Waals surface area contributed by atoms with Gasteiger partial charge in [-0.2, -0.15) is 0 Å². The second kappa shape index (κ2) is 15.5. The monoisotopic (exact) mass is 392 g/mol. The van der Waals surface area contributed by atoms with Gasteiger partial charge in [-0.05, 0) is 50.9 Å². The zero-order valence-corrected chi connectivity index (χ0v) is 17.9. The lowest BCUT2D eigenvalue weighted by Gasteiger charge is -2.15. The first-order chi connectivity index (χ1) is 13.6. The Morgan fingerprint density at radius 1 is 1.14 bits per heavy atom. The highest BCUT2D eigenvalue weighted by Gasteiger charge is 2.32. The number of unbranched alkanes of at least 4 members (excludes halogenated alkanes) is 4. The van der Waals surface area contributed by atoms with E-state index >= 15 is 0 Å². The molecule has 1 fully saturated rings. The van der Waals surface area contributed by atoms with Crippen molar-refractivity contribution in [2.45, 2.75) is 97.0 Å². The lowest BCUT2D eigenvalue weighted by Crippen LogP contribution is -2.23. The van der Waals surface area contributed by atoms with E-state index in [1.807, 2.05) is 6.92 Å². The third-order valence-corrected chi connectivity index (χ3v) is 5.45. The van der Waals surface area contributed by atoms with Gasteiger partial charge in [-0.1, -0.05) is 63.8 Å². The van der Waals surface area contributed by atoms with Gasteiger partial charge in [0.2, 0.25) is 0 Å². The summed E-state index contributed by atoms with van der Waals surface area (Å²) in [5.41, 5.74) is 0. The number of ether oxygens (including phenoxy) is 1. The van der Waals surface area contributed by atoms with Crippen LogP contribution in [0, 0.1) is 11.8 Å². The maximum absolute atomic E-state index is 12.2. The third-order valence-electron chi connectivity index (χ3n) is 5.45. The number of allylic oxidation sites excluding steroid dienone is 4. The van der Waals surface area contributed by atoms with E-state index < -0.39 is 12.1 Å². The summed E-state index contributed by atoms with van der Waals surface area (Å²) >= 11 is 0. The Bertz CT molecular complexity index is 495. The molecule has 0 aromatic rings. The Hall–Kier alpha value is -1.42. The standard InChI is InChI=1S/C24H40O4/c1-3-5-7-8-9-11-14-20-17-18-22(25)21(20)15-12-10-13-16-23(26)24(27)28-19-6-4-2/h5,7,11,14,20-21,23,26H,3-4,6,8-10,12-13,15-19H2,1-2H3/t20-,21+,23?/m0/s1. The molecule has 0 amide bonds. The summed E-state index contributed by atoms with van der Waals surface area (Å²) in [6.45, 7) is 4.56. The number of hydrogen-bond acceptors (Lipinski definition) is 4. The average molecular weight is 393 g/mol. The van der Waals surface area contributed by atoms with Gasteiger partial charge in [-0.3, -0.25) is 4.79 Å². The summed E-state index contributed by atoms with van der Waals surface area (Å²) in [6.07, 6.45) is 18.6. The van der Waals surface area contributed by atoms with Crippen LogP contribution in [0.25, 0.3) is 0 Å². The summed E-state index contributed by atoms with van der Waals surface area (Å²) in [6, 6.07) is 0. The molecule has 0 aliphatic heterocycles. The summed E-state index contributed by atoms with van der Waals surface area (Å²) in [4.78, 5) is 23.8. The maximum Gasteiger partial charge on any atom is 0.334 e. The molecule has 0 aromatic carbocycles. The predicted molar refractivity (Wildman–Crippen MR) is 114 cm³/mol. The summed E-state index contributed by atoms with van der Waals surface area (Å²) in [5.74, 6) is 0.451. The number of aliphatic hydroxyl groups is 1. The van der Waals surface area contributed by atoms with Gasteiger partial charge in [0.1, 0.15) is 5.78 Å². The van der Waals surface area contributed by atoms with Crippen LogP contribution in [0.2, 0.25) is 0 Å². The Morgan fingerprint density at radius 3 is 2.68 bits per heavy atom. The molecule has 0 spiro atoms. The first-order valence-electron chi connectivity index (χ1n) is 11.3. The first-order valence-corrected chi connectivity index (χ1v) is 11.3. The van der Waals surface area contributed by atoms with E-state index in [9.17, 15) is 14.7 Å². The highest BCUT2D eigenvalue weighted by molar-refractivity contribution is 5.83. The number of carbonyl (C=O) groups is 2. The normalized spacial score (nSPS) is 21.0. The first kappa shape index (κ1) is 24.6. The largest absolute Gasteiger partial charge is 0.464 e. The van der Waals surface area contributed by atoms with E-state index in [0.717, 1.165) is 64.2 Å². The van der Waals surface area contributed by atoms with Crippen molar-refractivity contribution in [1.82, 2.24) is 0 Å². The predicted octanol–water partition coefficient (Wildman–Crippen LogP) is 5.54. The van der Waals surface area contributed by atoms with Crippen molar-refractivity contribution < 1.29 is 19.4 Å². The van der Waals surface area contributed by atoms with Crippen molar-refractivity contribution in [3.63, 3.8) is 0 Å². The Labute approximate surface area is 171 Å². The van der Waals surface area contributed by atoms with Gasteiger partial charge in [0.15, 0.2) is 6.10 Å². The zero-order chi connectivity index (χ0) is 20.6. The minimum absolute atomic E-state index is 0.159. The van der Waals surface area contributed by atoms with E-state index in [-0.39, 0.29) is 5.92 Å². The van der Waals surface area contributed by atoms with Gasteiger partial charge in [0, 0.05) is 12.3 Å². The molecule has 4 heteroatoms. The number of ketones is 1. The summed E-state index contributed by atoms with van der Waals surface area (Å²) in [7, 11) is 0. The fraction of sp³-hybridized carbons (Fsp3) is 0.750. The molecule has 0 aromatic heterocycles. The Morgan fingerprint density at radius 2 is 1.93 bits per heavy atom. The fourth-order valence-electron chi connectivity index (χ4n) is 3.70. The topological polar surface area (TPSA) is 63.6 Å². The molecule has 1 aliphatic rings. The van der Waals surface area contributed by atoms with Crippen molar-refractivity contribution in [3.8, 4) is 0 Å². The van der Waals surface area contributed by atoms with E-state index in [2.05, 4.69) is 31.2 Å².